The van der Waals surface area contributed by atoms with Gasteiger partial charge in [0, 0.05) is 25.0 Å². The number of thioether (sulfide) groups is 1. The van der Waals surface area contributed by atoms with Crippen molar-refractivity contribution in [2.24, 2.45) is 5.92 Å². The van der Waals surface area contributed by atoms with Gasteiger partial charge in [-0.25, -0.2) is 0 Å². The molecule has 2 unspecified atom stereocenters. The molecule has 0 saturated carbocycles. The summed E-state index contributed by atoms with van der Waals surface area (Å²) < 4.78 is 5.35. The Bertz CT molecular complexity index is 121. The number of hydrogen-bond acceptors (Lipinski definition) is 3. The average Bonchev–Trinajstić information content (AvgIpc) is 2.52. The van der Waals surface area contributed by atoms with Gasteiger partial charge in [0.25, 0.3) is 0 Å². The maximum absolute atomic E-state index is 5.35. The molecule has 0 aromatic heterocycles. The molecule has 3 heteroatoms. The van der Waals surface area contributed by atoms with Crippen LogP contribution in [0.5, 0.6) is 0 Å². The molecule has 1 rings (SSSR count). The van der Waals surface area contributed by atoms with Crippen LogP contribution in [-0.4, -0.2) is 37.8 Å². The summed E-state index contributed by atoms with van der Waals surface area (Å²) in [4.78, 5) is 0. The van der Waals surface area contributed by atoms with Gasteiger partial charge in [0.15, 0.2) is 0 Å². The molecule has 1 fully saturated rings. The lowest BCUT2D eigenvalue weighted by molar-refractivity contribution is 0.131. The van der Waals surface area contributed by atoms with Crippen molar-refractivity contribution in [1.29, 1.82) is 0 Å². The Morgan fingerprint density at radius 3 is 3.00 bits per heavy atom. The topological polar surface area (TPSA) is 21.3 Å². The van der Waals surface area contributed by atoms with Crippen molar-refractivity contribution in [3.63, 3.8) is 0 Å². The molecule has 0 bridgehead atoms. The zero-order valence-electron chi connectivity index (χ0n) is 8.01. The minimum absolute atomic E-state index is 0.718. The van der Waals surface area contributed by atoms with E-state index in [0.717, 1.165) is 25.2 Å². The van der Waals surface area contributed by atoms with E-state index in [4.69, 9.17) is 4.74 Å². The summed E-state index contributed by atoms with van der Waals surface area (Å²) in [6, 6.07) is 0.718. The predicted octanol–water partition coefficient (Wildman–Crippen LogP) is 1.36. The van der Waals surface area contributed by atoms with E-state index in [0.29, 0.717) is 0 Å². The summed E-state index contributed by atoms with van der Waals surface area (Å²) in [7, 11) is 2.06. The van der Waals surface area contributed by atoms with E-state index >= 15 is 0 Å². The van der Waals surface area contributed by atoms with Crippen LogP contribution in [0.15, 0.2) is 0 Å². The normalized spacial score (nSPS) is 29.5. The van der Waals surface area contributed by atoms with Gasteiger partial charge in [0.2, 0.25) is 0 Å². The molecule has 1 heterocycles. The summed E-state index contributed by atoms with van der Waals surface area (Å²) in [6.45, 7) is 3.84. The van der Waals surface area contributed by atoms with Crippen molar-refractivity contribution in [1.82, 2.24) is 5.32 Å². The Labute approximate surface area is 79.4 Å². The first-order valence-electron chi connectivity index (χ1n) is 4.71. The van der Waals surface area contributed by atoms with Gasteiger partial charge < -0.3 is 10.1 Å². The zero-order valence-corrected chi connectivity index (χ0v) is 8.82. The maximum Gasteiger partial charge on any atom is 0.0469 e. The Kier molecular flexibility index (Phi) is 5.04. The van der Waals surface area contributed by atoms with Crippen molar-refractivity contribution in [2.75, 3.05) is 31.8 Å². The molecule has 0 radical (unpaired) electrons. The highest BCUT2D eigenvalue weighted by molar-refractivity contribution is 7.99. The van der Waals surface area contributed by atoms with Gasteiger partial charge in [-0.3, -0.25) is 0 Å². The van der Waals surface area contributed by atoms with E-state index in [2.05, 4.69) is 31.1 Å². The fourth-order valence-corrected chi connectivity index (χ4v) is 3.11. The van der Waals surface area contributed by atoms with Crippen LogP contribution in [0.2, 0.25) is 0 Å². The highest BCUT2D eigenvalue weighted by atomic mass is 32.2. The van der Waals surface area contributed by atoms with E-state index in [1.165, 1.54) is 17.9 Å². The van der Waals surface area contributed by atoms with Crippen molar-refractivity contribution >= 4 is 11.8 Å². The molecule has 0 aromatic carbocycles. The maximum atomic E-state index is 5.35. The van der Waals surface area contributed by atoms with Crippen molar-refractivity contribution in [3.8, 4) is 0 Å². The molecule has 1 aliphatic heterocycles. The van der Waals surface area contributed by atoms with Gasteiger partial charge in [-0.15, -0.1) is 0 Å². The standard InChI is InChI=1S/C9H19NOS/c1-3-11-5-4-8-6-12-7-9(8)10-2/h8-10H,3-7H2,1-2H3. The van der Waals surface area contributed by atoms with Crippen LogP contribution in [-0.2, 0) is 4.74 Å². The molecule has 2 atom stereocenters. The second-order valence-corrected chi connectivity index (χ2v) is 4.25. The van der Waals surface area contributed by atoms with E-state index in [1.54, 1.807) is 0 Å². The number of ether oxygens (including phenoxy) is 1. The highest BCUT2D eigenvalue weighted by Crippen LogP contribution is 2.26. The van der Waals surface area contributed by atoms with Gasteiger partial charge >= 0.3 is 0 Å². The molecule has 12 heavy (non-hydrogen) atoms. The van der Waals surface area contributed by atoms with Crippen LogP contribution in [0, 0.1) is 5.92 Å². The second-order valence-electron chi connectivity index (χ2n) is 3.18. The lowest BCUT2D eigenvalue weighted by Crippen LogP contribution is -2.32. The van der Waals surface area contributed by atoms with Gasteiger partial charge in [-0.2, -0.15) is 11.8 Å². The molecule has 0 aromatic rings. The quantitative estimate of drug-likeness (QED) is 0.660. The summed E-state index contributed by atoms with van der Waals surface area (Å²) >= 11 is 2.05. The highest BCUT2D eigenvalue weighted by Gasteiger charge is 2.25. The van der Waals surface area contributed by atoms with E-state index in [1.807, 2.05) is 0 Å². The molecule has 0 amide bonds. The smallest absolute Gasteiger partial charge is 0.0469 e. The molecular formula is C9H19NOS. The molecule has 72 valence electrons. The van der Waals surface area contributed by atoms with E-state index < -0.39 is 0 Å². The van der Waals surface area contributed by atoms with Gasteiger partial charge in [0.05, 0.1) is 0 Å². The molecular weight excluding hydrogens is 170 g/mol. The Balaban J connectivity index is 2.12. The van der Waals surface area contributed by atoms with Crippen molar-refractivity contribution in [2.45, 2.75) is 19.4 Å². The first-order chi connectivity index (χ1) is 5.88. The Hall–Kier alpha value is 0.270. The van der Waals surface area contributed by atoms with Crippen LogP contribution in [0.3, 0.4) is 0 Å². The van der Waals surface area contributed by atoms with Crippen molar-refractivity contribution < 1.29 is 4.74 Å². The molecule has 2 nitrogen and oxygen atoms in total. The third kappa shape index (κ3) is 2.96. The summed E-state index contributed by atoms with van der Waals surface area (Å²) in [5, 5.41) is 3.36. The van der Waals surface area contributed by atoms with Crippen LogP contribution in [0.25, 0.3) is 0 Å². The monoisotopic (exact) mass is 189 g/mol. The zero-order chi connectivity index (χ0) is 8.81. The van der Waals surface area contributed by atoms with E-state index in [-0.39, 0.29) is 0 Å². The number of rotatable bonds is 5. The largest absolute Gasteiger partial charge is 0.382 e. The van der Waals surface area contributed by atoms with Crippen LogP contribution in [0.1, 0.15) is 13.3 Å². The molecule has 0 spiro atoms. The average molecular weight is 189 g/mol. The van der Waals surface area contributed by atoms with Crippen LogP contribution >= 0.6 is 11.8 Å². The molecule has 1 saturated heterocycles. The number of nitrogens with one attached hydrogen (secondary N) is 1. The van der Waals surface area contributed by atoms with Crippen LogP contribution in [0.4, 0.5) is 0 Å². The minimum Gasteiger partial charge on any atom is -0.382 e. The first-order valence-corrected chi connectivity index (χ1v) is 5.86. The number of hydrogen-bond donors (Lipinski definition) is 1. The molecule has 0 aliphatic carbocycles. The Morgan fingerprint density at radius 2 is 2.33 bits per heavy atom. The SMILES string of the molecule is CCOCCC1CSCC1NC. The van der Waals surface area contributed by atoms with E-state index in [9.17, 15) is 0 Å². The van der Waals surface area contributed by atoms with Gasteiger partial charge in [-0.05, 0) is 32.1 Å². The van der Waals surface area contributed by atoms with Gasteiger partial charge in [0.1, 0.15) is 0 Å². The third-order valence-electron chi connectivity index (χ3n) is 2.41. The second kappa shape index (κ2) is 5.84. The summed E-state index contributed by atoms with van der Waals surface area (Å²) in [5.74, 6) is 3.40. The summed E-state index contributed by atoms with van der Waals surface area (Å²) in [5.41, 5.74) is 0. The van der Waals surface area contributed by atoms with Gasteiger partial charge in [-0.1, -0.05) is 0 Å². The minimum atomic E-state index is 0.718. The van der Waals surface area contributed by atoms with Crippen molar-refractivity contribution in [3.05, 3.63) is 0 Å². The lowest BCUT2D eigenvalue weighted by atomic mass is 10.0. The Morgan fingerprint density at radius 1 is 1.50 bits per heavy atom. The summed E-state index contributed by atoms with van der Waals surface area (Å²) in [6.07, 6.45) is 1.21. The first kappa shape index (κ1) is 10.4. The fourth-order valence-electron chi connectivity index (χ4n) is 1.58. The molecule has 1 N–H and O–H groups in total. The van der Waals surface area contributed by atoms with Crippen LogP contribution < -0.4 is 5.32 Å². The molecule has 1 aliphatic rings. The third-order valence-corrected chi connectivity index (χ3v) is 3.66. The fraction of sp³-hybridized carbons (Fsp3) is 1.00. The predicted molar refractivity (Wildman–Crippen MR) is 54.8 cm³/mol. The lowest BCUT2D eigenvalue weighted by Gasteiger charge is -2.17.